The lowest BCUT2D eigenvalue weighted by atomic mass is 10.1. The van der Waals surface area contributed by atoms with Crippen LogP contribution >= 0.6 is 0 Å². The van der Waals surface area contributed by atoms with E-state index in [-0.39, 0.29) is 11.9 Å². The molecule has 1 aliphatic heterocycles. The molecule has 1 aliphatic rings. The number of nitrogens with zero attached hydrogens (tertiary/aromatic N) is 1. The van der Waals surface area contributed by atoms with Gasteiger partial charge in [-0.05, 0) is 31.0 Å². The number of imidazole rings is 1. The Hall–Kier alpha value is -2.34. The first-order valence-corrected chi connectivity index (χ1v) is 7.14. The molecule has 1 aromatic carbocycles. The predicted molar refractivity (Wildman–Crippen MR) is 82.5 cm³/mol. The number of H-pyrrole nitrogens is 1. The molecule has 2 heterocycles. The maximum Gasteiger partial charge on any atom is 0.224 e. The highest BCUT2D eigenvalue weighted by atomic mass is 16.1. The summed E-state index contributed by atoms with van der Waals surface area (Å²) in [6.07, 6.45) is 4.75. The van der Waals surface area contributed by atoms with E-state index in [1.165, 1.54) is 0 Å². The molecule has 0 saturated heterocycles. The molecular formula is C15H19N5O. The number of carbonyl (C=O) groups excluding carboxylic acids is 1. The van der Waals surface area contributed by atoms with E-state index in [4.69, 9.17) is 11.5 Å². The molecule has 0 saturated carbocycles. The Morgan fingerprint density at radius 3 is 3.00 bits per heavy atom. The first-order chi connectivity index (χ1) is 10.1. The standard InChI is InChI=1S/C15H19N5O/c16-9-5-6-10-12(7-9)19-14(21)4-2-1-3-11(17)15-18-8-13(10)20-15/h5-8,11H,1-4,16-17H2,(H,18,20)(H,19,21). The average molecular weight is 285 g/mol. The minimum atomic E-state index is -0.126. The molecule has 0 spiro atoms. The summed E-state index contributed by atoms with van der Waals surface area (Å²) in [7, 11) is 0. The minimum absolute atomic E-state index is 0.00395. The molecule has 6 nitrogen and oxygen atoms in total. The lowest BCUT2D eigenvalue weighted by Gasteiger charge is -2.13. The van der Waals surface area contributed by atoms with E-state index in [1.54, 1.807) is 18.3 Å². The number of nitrogens with one attached hydrogen (secondary N) is 2. The Morgan fingerprint density at radius 1 is 1.29 bits per heavy atom. The number of hydrogen-bond acceptors (Lipinski definition) is 4. The topological polar surface area (TPSA) is 110 Å². The highest BCUT2D eigenvalue weighted by Gasteiger charge is 2.16. The SMILES string of the molecule is Nc1ccc2c(c1)NC(=O)CCCCC(N)c1ncc-2[nH]1. The van der Waals surface area contributed by atoms with Crippen LogP contribution in [0, 0.1) is 0 Å². The monoisotopic (exact) mass is 285 g/mol. The zero-order valence-electron chi connectivity index (χ0n) is 11.7. The van der Waals surface area contributed by atoms with Crippen LogP contribution in [0.1, 0.15) is 37.5 Å². The third-order valence-electron chi connectivity index (χ3n) is 3.72. The highest BCUT2D eigenvalue weighted by Crippen LogP contribution is 2.30. The average Bonchev–Trinajstić information content (AvgIpc) is 2.92. The number of rotatable bonds is 0. The number of aromatic amines is 1. The number of benzene rings is 1. The lowest BCUT2D eigenvalue weighted by Crippen LogP contribution is -2.15. The Kier molecular flexibility index (Phi) is 3.62. The van der Waals surface area contributed by atoms with Crippen molar-refractivity contribution >= 4 is 17.3 Å². The van der Waals surface area contributed by atoms with Gasteiger partial charge in [0.05, 0.1) is 23.6 Å². The predicted octanol–water partition coefficient (Wildman–Crippen LogP) is 2.17. The van der Waals surface area contributed by atoms with E-state index in [1.807, 2.05) is 6.07 Å². The minimum Gasteiger partial charge on any atom is -0.399 e. The van der Waals surface area contributed by atoms with E-state index in [0.717, 1.165) is 36.3 Å². The number of aromatic nitrogens is 2. The molecule has 0 fully saturated rings. The van der Waals surface area contributed by atoms with Crippen molar-refractivity contribution in [3.05, 3.63) is 30.2 Å². The second-order valence-corrected chi connectivity index (χ2v) is 5.39. The zero-order valence-corrected chi connectivity index (χ0v) is 11.7. The van der Waals surface area contributed by atoms with Gasteiger partial charge in [-0.3, -0.25) is 4.79 Å². The van der Waals surface area contributed by atoms with Crippen LogP contribution in [0.15, 0.2) is 24.4 Å². The Balaban J connectivity index is 2.06. The maximum absolute atomic E-state index is 12.0. The van der Waals surface area contributed by atoms with Crippen molar-refractivity contribution in [1.82, 2.24) is 9.97 Å². The molecule has 1 aromatic heterocycles. The van der Waals surface area contributed by atoms with Crippen molar-refractivity contribution < 1.29 is 4.79 Å². The van der Waals surface area contributed by atoms with Crippen LogP contribution in [0.5, 0.6) is 0 Å². The highest BCUT2D eigenvalue weighted by molar-refractivity contribution is 5.95. The van der Waals surface area contributed by atoms with Crippen LogP contribution in [0.25, 0.3) is 11.3 Å². The second kappa shape index (κ2) is 5.57. The summed E-state index contributed by atoms with van der Waals surface area (Å²) < 4.78 is 0. The Labute approximate surface area is 122 Å². The summed E-state index contributed by atoms with van der Waals surface area (Å²) in [6.45, 7) is 0. The first kappa shape index (κ1) is 13.6. The summed E-state index contributed by atoms with van der Waals surface area (Å²) in [4.78, 5) is 19.6. The van der Waals surface area contributed by atoms with Gasteiger partial charge in [0.15, 0.2) is 0 Å². The molecule has 3 rings (SSSR count). The van der Waals surface area contributed by atoms with Crippen LogP contribution in [0.4, 0.5) is 11.4 Å². The van der Waals surface area contributed by atoms with E-state index in [9.17, 15) is 4.79 Å². The zero-order chi connectivity index (χ0) is 14.8. The number of amides is 1. The summed E-state index contributed by atoms with van der Waals surface area (Å²) >= 11 is 0. The molecule has 1 amide bonds. The molecule has 2 bridgehead atoms. The van der Waals surface area contributed by atoms with Crippen LogP contribution in [-0.4, -0.2) is 15.9 Å². The third kappa shape index (κ3) is 2.90. The number of fused-ring (bicyclic) bond motifs is 4. The van der Waals surface area contributed by atoms with E-state index in [0.29, 0.717) is 17.8 Å². The summed E-state index contributed by atoms with van der Waals surface area (Å²) in [5.41, 5.74) is 15.0. The smallest absolute Gasteiger partial charge is 0.224 e. The quantitative estimate of drug-likeness (QED) is 0.556. The van der Waals surface area contributed by atoms with Crippen molar-refractivity contribution in [2.24, 2.45) is 5.73 Å². The van der Waals surface area contributed by atoms with Gasteiger partial charge >= 0.3 is 0 Å². The fraction of sp³-hybridized carbons (Fsp3) is 0.333. The van der Waals surface area contributed by atoms with Gasteiger partial charge in [-0.2, -0.15) is 0 Å². The van der Waals surface area contributed by atoms with Crippen molar-refractivity contribution in [2.75, 3.05) is 11.1 Å². The normalized spacial score (nSPS) is 19.1. The van der Waals surface area contributed by atoms with Gasteiger partial charge in [0, 0.05) is 17.7 Å². The summed E-state index contributed by atoms with van der Waals surface area (Å²) in [5.74, 6) is 0.774. The molecule has 6 N–H and O–H groups in total. The Bertz CT molecular complexity index is 664. The van der Waals surface area contributed by atoms with Crippen LogP contribution in [-0.2, 0) is 4.79 Å². The third-order valence-corrected chi connectivity index (χ3v) is 3.72. The molecular weight excluding hydrogens is 266 g/mol. The number of nitrogens with two attached hydrogens (primary N) is 2. The van der Waals surface area contributed by atoms with Gasteiger partial charge in [0.25, 0.3) is 0 Å². The summed E-state index contributed by atoms with van der Waals surface area (Å²) in [6, 6.07) is 5.31. The second-order valence-electron chi connectivity index (χ2n) is 5.39. The van der Waals surface area contributed by atoms with Crippen molar-refractivity contribution in [3.8, 4) is 11.3 Å². The van der Waals surface area contributed by atoms with Crippen molar-refractivity contribution in [3.63, 3.8) is 0 Å². The van der Waals surface area contributed by atoms with E-state index in [2.05, 4.69) is 15.3 Å². The number of hydrogen-bond donors (Lipinski definition) is 4. The molecule has 6 heteroatoms. The van der Waals surface area contributed by atoms with Crippen molar-refractivity contribution in [1.29, 1.82) is 0 Å². The van der Waals surface area contributed by atoms with E-state index < -0.39 is 0 Å². The molecule has 0 radical (unpaired) electrons. The summed E-state index contributed by atoms with van der Waals surface area (Å²) in [5, 5.41) is 2.93. The van der Waals surface area contributed by atoms with Crippen LogP contribution < -0.4 is 16.8 Å². The first-order valence-electron chi connectivity index (χ1n) is 7.14. The lowest BCUT2D eigenvalue weighted by molar-refractivity contribution is -0.116. The number of anilines is 2. The fourth-order valence-electron chi connectivity index (χ4n) is 2.56. The van der Waals surface area contributed by atoms with Gasteiger partial charge in [-0.1, -0.05) is 6.42 Å². The van der Waals surface area contributed by atoms with Gasteiger partial charge in [0.1, 0.15) is 5.82 Å². The number of nitrogen functional groups attached to an aromatic ring is 1. The molecule has 2 aromatic rings. The van der Waals surface area contributed by atoms with Crippen LogP contribution in [0.3, 0.4) is 0 Å². The molecule has 21 heavy (non-hydrogen) atoms. The fourth-order valence-corrected chi connectivity index (χ4v) is 2.56. The largest absolute Gasteiger partial charge is 0.399 e. The van der Waals surface area contributed by atoms with Gasteiger partial charge < -0.3 is 21.8 Å². The van der Waals surface area contributed by atoms with Gasteiger partial charge in [-0.15, -0.1) is 0 Å². The molecule has 1 atom stereocenters. The van der Waals surface area contributed by atoms with Crippen molar-refractivity contribution in [2.45, 2.75) is 31.7 Å². The molecule has 0 aliphatic carbocycles. The maximum atomic E-state index is 12.0. The van der Waals surface area contributed by atoms with Gasteiger partial charge in [-0.25, -0.2) is 4.98 Å². The Morgan fingerprint density at radius 2 is 2.14 bits per heavy atom. The molecule has 1 unspecified atom stereocenters. The van der Waals surface area contributed by atoms with Gasteiger partial charge in [0.2, 0.25) is 5.91 Å². The van der Waals surface area contributed by atoms with E-state index >= 15 is 0 Å². The molecule has 110 valence electrons. The van der Waals surface area contributed by atoms with Crippen LogP contribution in [0.2, 0.25) is 0 Å². The number of carbonyl (C=O) groups is 1.